The second-order valence-electron chi connectivity index (χ2n) is 11.4. The van der Waals surface area contributed by atoms with Gasteiger partial charge < -0.3 is 35.8 Å². The molecule has 47 heavy (non-hydrogen) atoms. The molecule has 2 amide bonds. The Morgan fingerprint density at radius 1 is 0.936 bits per heavy atom. The Bertz CT molecular complexity index is 1580. The van der Waals surface area contributed by atoms with Crippen molar-refractivity contribution in [3.63, 3.8) is 0 Å². The molecule has 1 aliphatic heterocycles. The molecular formula is C34H44N8O5. The number of nitrogens with one attached hydrogen (secondary N) is 3. The molecule has 0 aliphatic carbocycles. The van der Waals surface area contributed by atoms with Crippen LogP contribution in [0.5, 0.6) is 0 Å². The third-order valence-electron chi connectivity index (χ3n) is 8.46. The quantitative estimate of drug-likeness (QED) is 0.121. The minimum absolute atomic E-state index is 0.0465. The summed E-state index contributed by atoms with van der Waals surface area (Å²) in [5, 5.41) is 30.6. The van der Waals surface area contributed by atoms with Crippen LogP contribution in [0.4, 0.5) is 5.82 Å². The maximum Gasteiger partial charge on any atom is 0.289 e. The van der Waals surface area contributed by atoms with Crippen LogP contribution in [0, 0.1) is 0 Å². The van der Waals surface area contributed by atoms with E-state index in [-0.39, 0.29) is 17.4 Å². The molecule has 5 rings (SSSR count). The average molecular weight is 645 g/mol. The Balaban J connectivity index is 1.47. The minimum Gasteiger partial charge on any atom is -0.387 e. The van der Waals surface area contributed by atoms with Crippen LogP contribution in [0.15, 0.2) is 67.0 Å². The molecule has 0 bridgehead atoms. The van der Waals surface area contributed by atoms with Crippen molar-refractivity contribution in [2.75, 3.05) is 44.6 Å². The van der Waals surface area contributed by atoms with Gasteiger partial charge in [0.25, 0.3) is 11.8 Å². The van der Waals surface area contributed by atoms with E-state index in [0.29, 0.717) is 31.0 Å². The lowest BCUT2D eigenvalue weighted by Crippen LogP contribution is -2.42. The maximum absolute atomic E-state index is 13.4. The number of hydrogen-bond acceptors (Lipinski definition) is 10. The number of nitrogens with zero attached hydrogens (tertiary/aromatic N) is 5. The van der Waals surface area contributed by atoms with Crippen LogP contribution >= 0.6 is 0 Å². The van der Waals surface area contributed by atoms with Crippen LogP contribution in [0.3, 0.4) is 0 Å². The van der Waals surface area contributed by atoms with E-state index < -0.39 is 36.4 Å². The molecule has 2 aromatic heterocycles. The molecule has 0 radical (unpaired) electrons. The SMILES string of the molecule is CCNC(=O)C1O[C@@H](n2cnc3c(NCC(c4ccccc4)c4ccccc4)nc(C(=O)NCCCN(CC)CC)nc32)[C@H](O)[C@@H]1O. The van der Waals surface area contributed by atoms with Crippen molar-refractivity contribution in [3.05, 3.63) is 83.9 Å². The molecule has 1 saturated heterocycles. The summed E-state index contributed by atoms with van der Waals surface area (Å²) in [6.45, 7) is 9.87. The van der Waals surface area contributed by atoms with Gasteiger partial charge >= 0.3 is 0 Å². The van der Waals surface area contributed by atoms with E-state index in [1.54, 1.807) is 6.92 Å². The van der Waals surface area contributed by atoms with E-state index in [9.17, 15) is 19.8 Å². The second-order valence-corrected chi connectivity index (χ2v) is 11.4. The van der Waals surface area contributed by atoms with Gasteiger partial charge in [-0.3, -0.25) is 14.2 Å². The first-order valence-corrected chi connectivity index (χ1v) is 16.2. The Hall–Kier alpha value is -4.43. The van der Waals surface area contributed by atoms with Crippen LogP contribution < -0.4 is 16.0 Å². The first-order valence-electron chi connectivity index (χ1n) is 16.2. The monoisotopic (exact) mass is 644 g/mol. The van der Waals surface area contributed by atoms with Crippen LogP contribution in [-0.4, -0.2) is 104 Å². The van der Waals surface area contributed by atoms with Crippen molar-refractivity contribution < 1.29 is 24.5 Å². The van der Waals surface area contributed by atoms with Gasteiger partial charge in [-0.1, -0.05) is 74.5 Å². The third kappa shape index (κ3) is 7.76. The number of rotatable bonds is 15. The summed E-state index contributed by atoms with van der Waals surface area (Å²) < 4.78 is 7.28. The van der Waals surface area contributed by atoms with Gasteiger partial charge in [-0.2, -0.15) is 0 Å². The van der Waals surface area contributed by atoms with E-state index in [4.69, 9.17) is 4.74 Å². The predicted octanol–water partition coefficient (Wildman–Crippen LogP) is 2.29. The molecule has 5 N–H and O–H groups in total. The Kier molecular flexibility index (Phi) is 11.5. The molecule has 3 heterocycles. The number of carbonyl (C=O) groups is 2. The lowest BCUT2D eigenvalue weighted by molar-refractivity contribution is -0.137. The molecule has 1 fully saturated rings. The number of carbonyl (C=O) groups excluding carboxylic acids is 2. The largest absolute Gasteiger partial charge is 0.387 e. The number of aromatic nitrogens is 4. The van der Waals surface area contributed by atoms with Gasteiger partial charge in [0.15, 0.2) is 29.3 Å². The summed E-state index contributed by atoms with van der Waals surface area (Å²) >= 11 is 0. The van der Waals surface area contributed by atoms with Gasteiger partial charge in [-0.25, -0.2) is 15.0 Å². The maximum atomic E-state index is 13.4. The highest BCUT2D eigenvalue weighted by molar-refractivity contribution is 5.94. The van der Waals surface area contributed by atoms with Crippen LogP contribution in [0.2, 0.25) is 0 Å². The Morgan fingerprint density at radius 3 is 2.21 bits per heavy atom. The highest BCUT2D eigenvalue weighted by Crippen LogP contribution is 2.33. The number of imidazole rings is 1. The molecule has 4 aromatic rings. The number of aliphatic hydroxyl groups is 2. The van der Waals surface area contributed by atoms with E-state index in [2.05, 4.69) is 73.9 Å². The summed E-state index contributed by atoms with van der Waals surface area (Å²) in [4.78, 5) is 41.9. The number of amides is 2. The van der Waals surface area contributed by atoms with E-state index in [1.165, 1.54) is 10.9 Å². The number of benzene rings is 2. The van der Waals surface area contributed by atoms with Crippen LogP contribution in [0.1, 0.15) is 61.1 Å². The molecule has 4 atom stereocenters. The van der Waals surface area contributed by atoms with Gasteiger partial charge in [-0.05, 0) is 44.1 Å². The van der Waals surface area contributed by atoms with Crippen molar-refractivity contribution in [2.24, 2.45) is 0 Å². The van der Waals surface area contributed by atoms with E-state index >= 15 is 0 Å². The summed E-state index contributed by atoms with van der Waals surface area (Å²) in [7, 11) is 0. The fraction of sp³-hybridized carbons (Fsp3) is 0.441. The first-order chi connectivity index (χ1) is 22.9. The highest BCUT2D eigenvalue weighted by Gasteiger charge is 2.47. The first kappa shape index (κ1) is 33.9. The number of fused-ring (bicyclic) bond motifs is 1. The fourth-order valence-electron chi connectivity index (χ4n) is 5.83. The molecule has 1 unspecified atom stereocenters. The minimum atomic E-state index is -1.48. The summed E-state index contributed by atoms with van der Waals surface area (Å²) in [6, 6.07) is 20.2. The van der Waals surface area contributed by atoms with Crippen molar-refractivity contribution in [1.29, 1.82) is 0 Å². The summed E-state index contributed by atoms with van der Waals surface area (Å²) in [5.74, 6) is -0.811. The number of aliphatic hydroxyl groups excluding tert-OH is 2. The van der Waals surface area contributed by atoms with Crippen molar-refractivity contribution in [2.45, 2.75) is 57.6 Å². The molecule has 13 nitrogen and oxygen atoms in total. The zero-order valence-electron chi connectivity index (χ0n) is 27.0. The topological polar surface area (TPSA) is 167 Å². The molecular weight excluding hydrogens is 600 g/mol. The highest BCUT2D eigenvalue weighted by atomic mass is 16.6. The zero-order valence-corrected chi connectivity index (χ0v) is 27.0. The fourth-order valence-corrected chi connectivity index (χ4v) is 5.83. The lowest BCUT2D eigenvalue weighted by atomic mass is 9.91. The normalized spacial score (nSPS) is 19.4. The van der Waals surface area contributed by atoms with Gasteiger partial charge in [0, 0.05) is 25.6 Å². The smallest absolute Gasteiger partial charge is 0.289 e. The number of ether oxygens (including phenoxy) is 1. The molecule has 2 aromatic carbocycles. The van der Waals surface area contributed by atoms with Crippen LogP contribution in [-0.2, 0) is 9.53 Å². The Morgan fingerprint density at radius 2 is 1.60 bits per heavy atom. The molecule has 250 valence electrons. The number of anilines is 1. The molecule has 13 heteroatoms. The van der Waals surface area contributed by atoms with Gasteiger partial charge in [0.2, 0.25) is 5.82 Å². The predicted molar refractivity (Wildman–Crippen MR) is 178 cm³/mol. The lowest BCUT2D eigenvalue weighted by Gasteiger charge is -2.20. The standard InChI is InChI=1S/C34H44N8O5/c1-4-35-32(45)28-26(43)27(44)34(47-28)42-21-38-25-29(37-20-24(22-14-9-7-10-15-22)23-16-11-8-12-17-23)39-30(40-31(25)42)33(46)36-18-13-19-41(5-2)6-3/h7-12,14-17,21,24,26-28,34,43-44H,4-6,13,18-20H2,1-3H3,(H,35,45)(H,36,46)(H,37,39,40)/t26-,27+,28?,34+/m0/s1. The number of hydrogen-bond donors (Lipinski definition) is 5. The number of likely N-dealkylation sites (N-methyl/N-ethyl adjacent to an activating group) is 1. The van der Waals surface area contributed by atoms with Crippen molar-refractivity contribution in [1.82, 2.24) is 35.1 Å². The van der Waals surface area contributed by atoms with E-state index in [1.807, 2.05) is 36.4 Å². The van der Waals surface area contributed by atoms with Gasteiger partial charge in [-0.15, -0.1) is 0 Å². The van der Waals surface area contributed by atoms with Crippen molar-refractivity contribution in [3.8, 4) is 0 Å². The van der Waals surface area contributed by atoms with Gasteiger partial charge in [0.05, 0.1) is 6.33 Å². The average Bonchev–Trinajstić information content (AvgIpc) is 3.65. The third-order valence-corrected chi connectivity index (χ3v) is 8.46. The molecule has 0 saturated carbocycles. The summed E-state index contributed by atoms with van der Waals surface area (Å²) in [6.07, 6.45) is -3.24. The van der Waals surface area contributed by atoms with Gasteiger partial charge in [0.1, 0.15) is 12.2 Å². The van der Waals surface area contributed by atoms with Crippen molar-refractivity contribution >= 4 is 28.8 Å². The molecule has 0 spiro atoms. The zero-order chi connectivity index (χ0) is 33.3. The van der Waals surface area contributed by atoms with Crippen LogP contribution in [0.25, 0.3) is 11.2 Å². The molecule has 1 aliphatic rings. The summed E-state index contributed by atoms with van der Waals surface area (Å²) in [5.41, 5.74) is 2.75. The van der Waals surface area contributed by atoms with E-state index in [0.717, 1.165) is 37.2 Å². The Labute approximate surface area is 274 Å². The second kappa shape index (κ2) is 15.9.